The van der Waals surface area contributed by atoms with Crippen molar-refractivity contribution in [2.75, 3.05) is 13.1 Å². The fraction of sp³-hybridized carbons (Fsp3) is 0.714. The van der Waals surface area contributed by atoms with Crippen molar-refractivity contribution >= 4 is 11.8 Å². The molecule has 1 saturated heterocycles. The van der Waals surface area contributed by atoms with Crippen molar-refractivity contribution in [3.8, 4) is 0 Å². The molecule has 1 heterocycles. The zero-order chi connectivity index (χ0) is 23.7. The summed E-state index contributed by atoms with van der Waals surface area (Å²) < 4.78 is 0. The number of carbonyl (C=O) groups is 2. The van der Waals surface area contributed by atoms with E-state index in [0.717, 1.165) is 44.2 Å². The van der Waals surface area contributed by atoms with Crippen LogP contribution in [0.2, 0.25) is 0 Å². The van der Waals surface area contributed by atoms with Crippen molar-refractivity contribution in [3.63, 3.8) is 0 Å². The number of piperidine rings is 1. The fourth-order valence-corrected chi connectivity index (χ4v) is 4.76. The highest BCUT2D eigenvalue weighted by Gasteiger charge is 2.27. The molecule has 2 rings (SSSR count). The van der Waals surface area contributed by atoms with E-state index in [-0.39, 0.29) is 17.9 Å². The first-order chi connectivity index (χ1) is 16.1. The van der Waals surface area contributed by atoms with Crippen molar-refractivity contribution < 1.29 is 9.59 Å². The third kappa shape index (κ3) is 11.2. The number of hydrogen-bond donors (Lipinski definition) is 2. The largest absolute Gasteiger partial charge is 0.353 e. The van der Waals surface area contributed by atoms with E-state index < -0.39 is 6.04 Å². The number of carbonyl (C=O) groups excluding carboxylic acids is 2. The number of benzene rings is 1. The highest BCUT2D eigenvalue weighted by Crippen LogP contribution is 2.19. The van der Waals surface area contributed by atoms with Crippen LogP contribution in [0.1, 0.15) is 102 Å². The van der Waals surface area contributed by atoms with E-state index in [1.54, 1.807) is 0 Å². The maximum atomic E-state index is 12.9. The third-order valence-corrected chi connectivity index (χ3v) is 6.84. The Labute approximate surface area is 201 Å². The van der Waals surface area contributed by atoms with Gasteiger partial charge in [0.1, 0.15) is 0 Å². The van der Waals surface area contributed by atoms with Crippen LogP contribution < -0.4 is 11.1 Å². The SMILES string of the molecule is CCCCCCCCCCCCC(=O)N1CCCCC1CNC(=O)[C@@H](N)Cc1ccccc1. The molecule has 0 aliphatic carbocycles. The van der Waals surface area contributed by atoms with Gasteiger partial charge in [-0.3, -0.25) is 9.59 Å². The Balaban J connectivity index is 1.62. The predicted molar refractivity (Wildman–Crippen MR) is 137 cm³/mol. The molecule has 5 heteroatoms. The Hall–Kier alpha value is -1.88. The summed E-state index contributed by atoms with van der Waals surface area (Å²) in [5.74, 6) is 0.119. The molecule has 5 nitrogen and oxygen atoms in total. The summed E-state index contributed by atoms with van der Waals surface area (Å²) in [5.41, 5.74) is 7.17. The predicted octanol–water partition coefficient (Wildman–Crippen LogP) is 5.36. The van der Waals surface area contributed by atoms with Gasteiger partial charge in [0.2, 0.25) is 11.8 Å². The van der Waals surface area contributed by atoms with Crippen molar-refractivity contribution in [1.82, 2.24) is 10.2 Å². The molecule has 0 spiro atoms. The quantitative estimate of drug-likeness (QED) is 0.328. The molecule has 186 valence electrons. The number of rotatable bonds is 16. The lowest BCUT2D eigenvalue weighted by molar-refractivity contribution is -0.135. The molecule has 1 aliphatic heterocycles. The fourth-order valence-electron chi connectivity index (χ4n) is 4.76. The van der Waals surface area contributed by atoms with Gasteiger partial charge in [-0.05, 0) is 37.7 Å². The molecule has 0 aromatic heterocycles. The van der Waals surface area contributed by atoms with Crippen LogP contribution in [-0.4, -0.2) is 41.9 Å². The zero-order valence-electron chi connectivity index (χ0n) is 20.9. The zero-order valence-corrected chi connectivity index (χ0v) is 20.9. The first kappa shape index (κ1) is 27.4. The molecule has 1 aromatic rings. The molecule has 0 saturated carbocycles. The Bertz CT molecular complexity index is 664. The topological polar surface area (TPSA) is 75.4 Å². The monoisotopic (exact) mass is 457 g/mol. The van der Waals surface area contributed by atoms with Gasteiger partial charge in [0, 0.05) is 25.6 Å². The van der Waals surface area contributed by atoms with Crippen LogP contribution in [0.15, 0.2) is 30.3 Å². The van der Waals surface area contributed by atoms with Gasteiger partial charge >= 0.3 is 0 Å². The van der Waals surface area contributed by atoms with Gasteiger partial charge in [-0.15, -0.1) is 0 Å². The van der Waals surface area contributed by atoms with Crippen LogP contribution in [0.4, 0.5) is 0 Å². The van der Waals surface area contributed by atoms with Gasteiger partial charge in [0.15, 0.2) is 0 Å². The summed E-state index contributed by atoms with van der Waals surface area (Å²) in [7, 11) is 0. The van der Waals surface area contributed by atoms with Crippen LogP contribution in [-0.2, 0) is 16.0 Å². The number of unbranched alkanes of at least 4 members (excludes halogenated alkanes) is 9. The van der Waals surface area contributed by atoms with E-state index in [4.69, 9.17) is 5.73 Å². The van der Waals surface area contributed by atoms with Crippen molar-refractivity contribution in [3.05, 3.63) is 35.9 Å². The minimum atomic E-state index is -0.563. The molecule has 0 radical (unpaired) electrons. The number of nitrogens with two attached hydrogens (primary N) is 1. The summed E-state index contributed by atoms with van der Waals surface area (Å²) in [6.45, 7) is 3.57. The summed E-state index contributed by atoms with van der Waals surface area (Å²) in [4.78, 5) is 27.4. The first-order valence-electron chi connectivity index (χ1n) is 13.5. The summed E-state index contributed by atoms with van der Waals surface area (Å²) in [6.07, 6.45) is 17.0. The van der Waals surface area contributed by atoms with Crippen LogP contribution in [0, 0.1) is 0 Å². The first-order valence-corrected chi connectivity index (χ1v) is 13.5. The molecule has 1 unspecified atom stereocenters. The van der Waals surface area contributed by atoms with Crippen LogP contribution in [0.5, 0.6) is 0 Å². The van der Waals surface area contributed by atoms with Crippen molar-refractivity contribution in [1.29, 1.82) is 0 Å². The molecule has 0 bridgehead atoms. The van der Waals surface area contributed by atoms with Gasteiger partial charge < -0.3 is 16.0 Å². The third-order valence-electron chi connectivity index (χ3n) is 6.84. The summed E-state index contributed by atoms with van der Waals surface area (Å²) in [6, 6.07) is 9.39. The van der Waals surface area contributed by atoms with Gasteiger partial charge in [-0.2, -0.15) is 0 Å². The molecule has 3 N–H and O–H groups in total. The van der Waals surface area contributed by atoms with Gasteiger partial charge in [0.05, 0.1) is 6.04 Å². The van der Waals surface area contributed by atoms with E-state index in [1.165, 1.54) is 51.4 Å². The lowest BCUT2D eigenvalue weighted by Gasteiger charge is -2.36. The number of hydrogen-bond acceptors (Lipinski definition) is 3. The summed E-state index contributed by atoms with van der Waals surface area (Å²) >= 11 is 0. The smallest absolute Gasteiger partial charge is 0.237 e. The van der Waals surface area contributed by atoms with E-state index in [1.807, 2.05) is 35.2 Å². The summed E-state index contributed by atoms with van der Waals surface area (Å²) in [5, 5.41) is 3.01. The van der Waals surface area contributed by atoms with Gasteiger partial charge in [0.25, 0.3) is 0 Å². The van der Waals surface area contributed by atoms with E-state index >= 15 is 0 Å². The maximum Gasteiger partial charge on any atom is 0.237 e. The van der Waals surface area contributed by atoms with E-state index in [9.17, 15) is 9.59 Å². The van der Waals surface area contributed by atoms with Gasteiger partial charge in [-0.1, -0.05) is 95.0 Å². The highest BCUT2D eigenvalue weighted by atomic mass is 16.2. The van der Waals surface area contributed by atoms with Crippen LogP contribution >= 0.6 is 0 Å². The minimum absolute atomic E-state index is 0.0993. The standard InChI is InChI=1S/C28H47N3O2/c1-2-3-4-5-6-7-8-9-10-14-20-27(32)31-21-16-15-19-25(31)23-30-28(33)26(29)22-24-17-12-11-13-18-24/h11-13,17-18,25-26H,2-10,14-16,19-23,29H2,1H3,(H,30,33)/t25?,26-/m0/s1. The number of nitrogens with one attached hydrogen (secondary N) is 1. The van der Waals surface area contributed by atoms with Crippen LogP contribution in [0.3, 0.4) is 0 Å². The van der Waals surface area contributed by atoms with Crippen molar-refractivity contribution in [2.24, 2.45) is 5.73 Å². The lowest BCUT2D eigenvalue weighted by Crippen LogP contribution is -2.51. The second kappa shape index (κ2) is 16.7. The lowest BCUT2D eigenvalue weighted by atomic mass is 10.00. The van der Waals surface area contributed by atoms with Crippen molar-refractivity contribution in [2.45, 2.75) is 115 Å². The molecular weight excluding hydrogens is 410 g/mol. The Morgan fingerprint density at radius 3 is 2.27 bits per heavy atom. The Morgan fingerprint density at radius 2 is 1.61 bits per heavy atom. The maximum absolute atomic E-state index is 12.9. The Kier molecular flexibility index (Phi) is 13.8. The van der Waals surface area contributed by atoms with E-state index in [2.05, 4.69) is 12.2 Å². The number of nitrogens with zero attached hydrogens (tertiary/aromatic N) is 1. The normalized spacial score (nSPS) is 17.0. The minimum Gasteiger partial charge on any atom is -0.353 e. The molecule has 2 amide bonds. The molecular formula is C28H47N3O2. The average molecular weight is 458 g/mol. The van der Waals surface area contributed by atoms with Crippen LogP contribution in [0.25, 0.3) is 0 Å². The number of amides is 2. The second-order valence-corrected chi connectivity index (χ2v) is 9.71. The highest BCUT2D eigenvalue weighted by molar-refractivity contribution is 5.82. The molecule has 1 fully saturated rings. The Morgan fingerprint density at radius 1 is 0.970 bits per heavy atom. The average Bonchev–Trinajstić information content (AvgIpc) is 2.84. The second-order valence-electron chi connectivity index (χ2n) is 9.71. The molecule has 2 atom stereocenters. The molecule has 33 heavy (non-hydrogen) atoms. The number of likely N-dealkylation sites (tertiary alicyclic amines) is 1. The van der Waals surface area contributed by atoms with E-state index in [0.29, 0.717) is 19.4 Å². The molecule has 1 aromatic carbocycles. The molecule has 1 aliphatic rings. The van der Waals surface area contributed by atoms with Gasteiger partial charge in [-0.25, -0.2) is 0 Å².